The Balaban J connectivity index is 2.49. The van der Waals surface area contributed by atoms with Crippen LogP contribution in [0, 0.1) is 0 Å². The number of hydrogen-bond donors (Lipinski definition) is 0. The molecule has 0 N–H and O–H groups in total. The van der Waals surface area contributed by atoms with E-state index in [9.17, 15) is 14.4 Å². The molecule has 0 spiro atoms. The molecule has 0 aliphatic carbocycles. The minimum absolute atomic E-state index is 0.154. The topological polar surface area (TPSA) is 72.9 Å². The van der Waals surface area contributed by atoms with E-state index in [4.69, 9.17) is 4.74 Å². The molecule has 0 fully saturated rings. The molecule has 0 atom stereocenters. The number of ether oxygens (including phenoxy) is 2. The van der Waals surface area contributed by atoms with Gasteiger partial charge >= 0.3 is 12.1 Å². The van der Waals surface area contributed by atoms with E-state index in [1.165, 1.54) is 7.11 Å². The number of carbonyl (C=O) groups is 3. The second kappa shape index (κ2) is 5.63. The third-order valence-corrected chi connectivity index (χ3v) is 2.91. The number of carbonyl (C=O) groups excluding carboxylic acids is 3. The van der Waals surface area contributed by atoms with E-state index in [-0.39, 0.29) is 5.70 Å². The molecule has 1 heterocycles. The number of benzene rings is 1. The van der Waals surface area contributed by atoms with Crippen molar-refractivity contribution in [1.82, 2.24) is 4.90 Å². The lowest BCUT2D eigenvalue weighted by atomic mass is 10.1. The summed E-state index contributed by atoms with van der Waals surface area (Å²) in [5, 5.41) is 0. The molecular weight excluding hydrogens is 286 g/mol. The van der Waals surface area contributed by atoms with Crippen LogP contribution in [-0.4, -0.2) is 35.6 Å². The molecule has 0 saturated carbocycles. The highest BCUT2D eigenvalue weighted by molar-refractivity contribution is 6.18. The van der Waals surface area contributed by atoms with Crippen molar-refractivity contribution in [2.75, 3.05) is 7.11 Å². The number of fused-ring (bicyclic) bond motifs is 1. The van der Waals surface area contributed by atoms with Crippen LogP contribution >= 0.6 is 0 Å². The van der Waals surface area contributed by atoms with Gasteiger partial charge in [-0.2, -0.15) is 0 Å². The number of esters is 1. The number of rotatable bonds is 1. The maximum absolute atomic E-state index is 12.4. The van der Waals surface area contributed by atoms with Gasteiger partial charge < -0.3 is 9.47 Å². The van der Waals surface area contributed by atoms with Crippen LogP contribution in [0.3, 0.4) is 0 Å². The lowest BCUT2D eigenvalue weighted by Crippen LogP contribution is -2.36. The van der Waals surface area contributed by atoms with Gasteiger partial charge in [0.05, 0.1) is 12.8 Å². The molecular formula is C16H17NO5. The maximum atomic E-state index is 12.4. The molecule has 0 radical (unpaired) electrons. The molecule has 6 heteroatoms. The first-order valence-electron chi connectivity index (χ1n) is 6.71. The zero-order valence-electron chi connectivity index (χ0n) is 12.9. The Morgan fingerprint density at radius 3 is 2.27 bits per heavy atom. The Morgan fingerprint density at radius 2 is 1.73 bits per heavy atom. The average Bonchev–Trinajstić information content (AvgIpc) is 2.70. The normalized spacial score (nSPS) is 15.7. The highest BCUT2D eigenvalue weighted by Crippen LogP contribution is 2.33. The number of nitrogens with zero attached hydrogens (tertiary/aromatic N) is 1. The molecule has 1 aromatic rings. The second-order valence-electron chi connectivity index (χ2n) is 5.72. The first-order valence-corrected chi connectivity index (χ1v) is 6.71. The Bertz CT molecular complexity index is 669. The van der Waals surface area contributed by atoms with Gasteiger partial charge in [0.15, 0.2) is 0 Å². The summed E-state index contributed by atoms with van der Waals surface area (Å²) < 4.78 is 9.83. The van der Waals surface area contributed by atoms with Gasteiger partial charge in [-0.05, 0) is 26.8 Å². The fraction of sp³-hybridized carbons (Fsp3) is 0.312. The number of imide groups is 1. The van der Waals surface area contributed by atoms with E-state index >= 15 is 0 Å². The molecule has 0 saturated heterocycles. The van der Waals surface area contributed by atoms with E-state index < -0.39 is 23.6 Å². The van der Waals surface area contributed by atoms with Gasteiger partial charge in [-0.25, -0.2) is 14.5 Å². The van der Waals surface area contributed by atoms with E-state index in [2.05, 4.69) is 4.74 Å². The molecule has 0 aromatic heterocycles. The predicted molar refractivity (Wildman–Crippen MR) is 78.8 cm³/mol. The summed E-state index contributed by atoms with van der Waals surface area (Å²) in [5.41, 5.74) is 0.219. The van der Waals surface area contributed by atoms with Crippen molar-refractivity contribution in [3.05, 3.63) is 41.5 Å². The Labute approximate surface area is 128 Å². The van der Waals surface area contributed by atoms with Crippen LogP contribution in [0.1, 0.15) is 36.7 Å². The van der Waals surface area contributed by atoms with Gasteiger partial charge in [0.25, 0.3) is 5.91 Å². The summed E-state index contributed by atoms with van der Waals surface area (Å²) in [6.07, 6.45) is 0.275. The highest BCUT2D eigenvalue weighted by atomic mass is 16.6. The Morgan fingerprint density at radius 1 is 1.14 bits per heavy atom. The summed E-state index contributed by atoms with van der Waals surface area (Å²) in [7, 11) is 1.22. The summed E-state index contributed by atoms with van der Waals surface area (Å²) in [4.78, 5) is 37.1. The van der Waals surface area contributed by atoms with Crippen molar-refractivity contribution in [2.24, 2.45) is 0 Å². The standard InChI is InChI=1S/C16H17NO5/c1-16(2,3)22-15(20)17-12(9-13(18)21-4)10-7-5-6-8-11(10)14(17)19/h5-9H,1-4H3/b12-9-. The van der Waals surface area contributed by atoms with Crippen LogP contribution in [0.4, 0.5) is 4.79 Å². The zero-order chi connectivity index (χ0) is 16.5. The summed E-state index contributed by atoms with van der Waals surface area (Å²) in [6, 6.07) is 6.65. The first-order chi connectivity index (χ1) is 10.2. The summed E-state index contributed by atoms with van der Waals surface area (Å²) in [5.74, 6) is -1.19. The SMILES string of the molecule is COC(=O)/C=C1/c2ccccc2C(=O)N1C(=O)OC(C)(C)C. The summed E-state index contributed by atoms with van der Waals surface area (Å²) in [6.45, 7) is 5.09. The minimum atomic E-state index is -0.830. The quantitative estimate of drug-likeness (QED) is 0.589. The van der Waals surface area contributed by atoms with Crippen molar-refractivity contribution >= 4 is 23.7 Å². The second-order valence-corrected chi connectivity index (χ2v) is 5.72. The third kappa shape index (κ3) is 3.00. The van der Waals surface area contributed by atoms with Crippen molar-refractivity contribution in [3.8, 4) is 0 Å². The molecule has 0 bridgehead atoms. The minimum Gasteiger partial charge on any atom is -0.466 e. The van der Waals surface area contributed by atoms with Crippen LogP contribution < -0.4 is 0 Å². The smallest absolute Gasteiger partial charge is 0.422 e. The third-order valence-electron chi connectivity index (χ3n) is 2.91. The molecule has 0 unspecified atom stereocenters. The fourth-order valence-corrected chi connectivity index (χ4v) is 2.04. The van der Waals surface area contributed by atoms with Crippen LogP contribution in [0.15, 0.2) is 30.3 Å². The highest BCUT2D eigenvalue weighted by Gasteiger charge is 2.39. The molecule has 1 aliphatic rings. The number of methoxy groups -OCH3 is 1. The van der Waals surface area contributed by atoms with Crippen molar-refractivity contribution < 1.29 is 23.9 Å². The average molecular weight is 303 g/mol. The first kappa shape index (κ1) is 15.8. The monoisotopic (exact) mass is 303 g/mol. The molecule has 116 valence electrons. The van der Waals surface area contributed by atoms with Gasteiger partial charge in [-0.3, -0.25) is 4.79 Å². The van der Waals surface area contributed by atoms with Crippen LogP contribution in [-0.2, 0) is 14.3 Å². The van der Waals surface area contributed by atoms with Crippen molar-refractivity contribution in [3.63, 3.8) is 0 Å². The molecule has 22 heavy (non-hydrogen) atoms. The summed E-state index contributed by atoms with van der Waals surface area (Å²) >= 11 is 0. The molecule has 2 rings (SSSR count). The van der Waals surface area contributed by atoms with Crippen LogP contribution in [0.2, 0.25) is 0 Å². The zero-order valence-corrected chi connectivity index (χ0v) is 12.9. The number of hydrogen-bond acceptors (Lipinski definition) is 5. The fourth-order valence-electron chi connectivity index (χ4n) is 2.04. The van der Waals surface area contributed by atoms with E-state index in [1.807, 2.05) is 0 Å². The lowest BCUT2D eigenvalue weighted by Gasteiger charge is -2.24. The number of amides is 2. The van der Waals surface area contributed by atoms with E-state index in [0.29, 0.717) is 11.1 Å². The van der Waals surface area contributed by atoms with Crippen molar-refractivity contribution in [1.29, 1.82) is 0 Å². The Hall–Kier alpha value is -2.63. The van der Waals surface area contributed by atoms with Crippen molar-refractivity contribution in [2.45, 2.75) is 26.4 Å². The largest absolute Gasteiger partial charge is 0.466 e. The maximum Gasteiger partial charge on any atom is 0.422 e. The molecule has 1 aliphatic heterocycles. The van der Waals surface area contributed by atoms with Gasteiger partial charge in [0.2, 0.25) is 0 Å². The van der Waals surface area contributed by atoms with Crippen LogP contribution in [0.5, 0.6) is 0 Å². The van der Waals surface area contributed by atoms with Gasteiger partial charge in [-0.1, -0.05) is 18.2 Å². The molecule has 2 amide bonds. The molecule has 6 nitrogen and oxygen atoms in total. The van der Waals surface area contributed by atoms with E-state index in [1.54, 1.807) is 45.0 Å². The van der Waals surface area contributed by atoms with Gasteiger partial charge in [-0.15, -0.1) is 0 Å². The van der Waals surface area contributed by atoms with E-state index in [0.717, 1.165) is 11.0 Å². The predicted octanol–water partition coefficient (Wildman–Crippen LogP) is 2.59. The van der Waals surface area contributed by atoms with Gasteiger partial charge in [0, 0.05) is 17.2 Å². The molecule has 1 aromatic carbocycles. The van der Waals surface area contributed by atoms with Crippen LogP contribution in [0.25, 0.3) is 5.70 Å². The lowest BCUT2D eigenvalue weighted by molar-refractivity contribution is -0.134. The van der Waals surface area contributed by atoms with Gasteiger partial charge in [0.1, 0.15) is 5.60 Å². The Kier molecular flexibility index (Phi) is 4.03.